The maximum atomic E-state index is 12.8. The fraction of sp³-hybridized carbons (Fsp3) is 0.694. The Balaban J connectivity index is 2.44. The average Bonchev–Trinajstić information content (AvgIpc) is 3.16. The number of hydrogen-bond acceptors (Lipinski definition) is 7. The molecule has 0 aliphatic rings. The summed E-state index contributed by atoms with van der Waals surface area (Å²) in [6, 6.07) is 4.95. The lowest BCUT2D eigenvalue weighted by molar-refractivity contribution is -0.145. The van der Waals surface area contributed by atoms with Gasteiger partial charge in [0.2, 0.25) is 0 Å². The molecule has 56 heavy (non-hydrogen) atoms. The summed E-state index contributed by atoms with van der Waals surface area (Å²) in [6.45, 7) is 5.29. The topological polar surface area (TPSA) is 82.1 Å². The quantitative estimate of drug-likeness (QED) is 0.0288. The number of benzene rings is 1. The number of hydrogen-bond donors (Lipinski definition) is 0. The largest absolute Gasteiger partial charge is 0.461 e. The lowest BCUT2D eigenvalue weighted by Crippen LogP contribution is -2.15. The summed E-state index contributed by atoms with van der Waals surface area (Å²) in [5.74, 6) is -0.329. The van der Waals surface area contributed by atoms with Crippen molar-refractivity contribution in [3.05, 3.63) is 60.2 Å². The summed E-state index contributed by atoms with van der Waals surface area (Å²) in [7, 11) is 3.94. The maximum absolute atomic E-state index is 12.8. The molecule has 1 aromatic carbocycles. The second-order valence-corrected chi connectivity index (χ2v) is 15.6. The molecule has 0 aromatic heterocycles. The standard InChI is InChI=1S/C49H81NO6/c1-5-7-9-11-13-15-17-19-21-23-25-27-29-31-33-36-48(52)55-45-40-44(43-54-47(51)38-35-39-50(3)4)41-46(42-45)56-49(53)37-34-32-30-28-26-24-22-20-18-16-14-12-10-8-6-2/h13-16,19,21,40-42H,5-12,17-18,20,22-39,43H2,1-4H3/b15-13-,16-14-,21-19-. The van der Waals surface area contributed by atoms with Crippen molar-refractivity contribution < 1.29 is 28.6 Å². The minimum atomic E-state index is -0.319. The second-order valence-electron chi connectivity index (χ2n) is 15.6. The summed E-state index contributed by atoms with van der Waals surface area (Å²) >= 11 is 0. The molecule has 0 amide bonds. The normalized spacial score (nSPS) is 11.7. The zero-order chi connectivity index (χ0) is 40.7. The van der Waals surface area contributed by atoms with Crippen LogP contribution in [0.1, 0.15) is 199 Å². The minimum Gasteiger partial charge on any atom is -0.461 e. The van der Waals surface area contributed by atoms with Gasteiger partial charge in [-0.25, -0.2) is 0 Å². The summed E-state index contributed by atoms with van der Waals surface area (Å²) in [6.07, 6.45) is 43.3. The van der Waals surface area contributed by atoms with Crippen LogP contribution in [0.2, 0.25) is 0 Å². The summed E-state index contributed by atoms with van der Waals surface area (Å²) < 4.78 is 16.9. The van der Waals surface area contributed by atoms with Gasteiger partial charge in [0.15, 0.2) is 0 Å². The predicted octanol–water partition coefficient (Wildman–Crippen LogP) is 13.7. The molecule has 0 aliphatic carbocycles. The van der Waals surface area contributed by atoms with Crippen molar-refractivity contribution in [3.8, 4) is 11.5 Å². The van der Waals surface area contributed by atoms with E-state index in [4.69, 9.17) is 14.2 Å². The van der Waals surface area contributed by atoms with Crippen LogP contribution < -0.4 is 9.47 Å². The minimum absolute atomic E-state index is 0.0113. The van der Waals surface area contributed by atoms with Gasteiger partial charge in [-0.15, -0.1) is 0 Å². The smallest absolute Gasteiger partial charge is 0.311 e. The molecule has 0 heterocycles. The summed E-state index contributed by atoms with van der Waals surface area (Å²) in [4.78, 5) is 39.9. The monoisotopic (exact) mass is 780 g/mol. The Bertz CT molecular complexity index is 1220. The fourth-order valence-electron chi connectivity index (χ4n) is 6.39. The third-order valence-electron chi connectivity index (χ3n) is 9.76. The van der Waals surface area contributed by atoms with Gasteiger partial charge in [0.25, 0.3) is 0 Å². The van der Waals surface area contributed by atoms with Gasteiger partial charge in [0.1, 0.15) is 18.1 Å². The Morgan fingerprint density at radius 1 is 0.482 bits per heavy atom. The van der Waals surface area contributed by atoms with Crippen molar-refractivity contribution in [3.63, 3.8) is 0 Å². The van der Waals surface area contributed by atoms with Crippen molar-refractivity contribution >= 4 is 17.9 Å². The molecule has 318 valence electrons. The van der Waals surface area contributed by atoms with E-state index in [9.17, 15) is 14.4 Å². The Labute approximate surface area is 343 Å². The van der Waals surface area contributed by atoms with E-state index in [0.29, 0.717) is 42.7 Å². The number of carbonyl (C=O) groups is 3. The van der Waals surface area contributed by atoms with E-state index in [2.05, 4.69) is 50.3 Å². The van der Waals surface area contributed by atoms with Crippen LogP contribution in [0, 0.1) is 0 Å². The highest BCUT2D eigenvalue weighted by Gasteiger charge is 2.13. The zero-order valence-corrected chi connectivity index (χ0v) is 36.3. The molecule has 0 unspecified atom stereocenters. The third-order valence-corrected chi connectivity index (χ3v) is 9.76. The van der Waals surface area contributed by atoms with Crippen molar-refractivity contribution in [2.75, 3.05) is 20.6 Å². The highest BCUT2D eigenvalue weighted by Crippen LogP contribution is 2.25. The van der Waals surface area contributed by atoms with Gasteiger partial charge in [-0.3, -0.25) is 14.4 Å². The van der Waals surface area contributed by atoms with E-state index in [1.165, 1.54) is 89.9 Å². The molecule has 0 saturated heterocycles. The van der Waals surface area contributed by atoms with Crippen LogP contribution in [0.5, 0.6) is 11.5 Å². The Hall–Kier alpha value is -3.19. The van der Waals surface area contributed by atoms with E-state index < -0.39 is 0 Å². The first-order valence-electron chi connectivity index (χ1n) is 22.6. The van der Waals surface area contributed by atoms with Gasteiger partial charge >= 0.3 is 17.9 Å². The Kier molecular flexibility index (Phi) is 33.9. The third kappa shape index (κ3) is 33.0. The molecule has 0 radical (unpaired) electrons. The van der Waals surface area contributed by atoms with Crippen LogP contribution in [0.15, 0.2) is 54.7 Å². The number of carbonyl (C=O) groups excluding carboxylic acids is 3. The van der Waals surface area contributed by atoms with Crippen LogP contribution in [0.3, 0.4) is 0 Å². The lowest BCUT2D eigenvalue weighted by atomic mass is 10.1. The van der Waals surface area contributed by atoms with E-state index in [-0.39, 0.29) is 24.5 Å². The molecule has 0 spiro atoms. The second kappa shape index (κ2) is 37.4. The summed E-state index contributed by atoms with van der Waals surface area (Å²) in [5, 5.41) is 0. The fourth-order valence-corrected chi connectivity index (χ4v) is 6.39. The van der Waals surface area contributed by atoms with E-state index in [1.807, 2.05) is 19.0 Å². The molecule has 0 N–H and O–H groups in total. The van der Waals surface area contributed by atoms with Crippen molar-refractivity contribution in [2.24, 2.45) is 0 Å². The van der Waals surface area contributed by atoms with Crippen molar-refractivity contribution in [1.82, 2.24) is 4.90 Å². The summed E-state index contributed by atoms with van der Waals surface area (Å²) in [5.41, 5.74) is 0.610. The van der Waals surface area contributed by atoms with Gasteiger partial charge in [-0.1, -0.05) is 134 Å². The number of allylic oxidation sites excluding steroid dienone is 6. The highest BCUT2D eigenvalue weighted by atomic mass is 16.5. The lowest BCUT2D eigenvalue weighted by Gasteiger charge is -2.12. The van der Waals surface area contributed by atoms with Crippen LogP contribution in [0.4, 0.5) is 0 Å². The molecule has 1 aromatic rings. The van der Waals surface area contributed by atoms with Crippen molar-refractivity contribution in [1.29, 1.82) is 0 Å². The molecular weight excluding hydrogens is 699 g/mol. The molecule has 0 aliphatic heterocycles. The van der Waals surface area contributed by atoms with Crippen LogP contribution in [-0.4, -0.2) is 43.4 Å². The predicted molar refractivity (Wildman–Crippen MR) is 234 cm³/mol. The zero-order valence-electron chi connectivity index (χ0n) is 36.3. The molecule has 0 atom stereocenters. The molecule has 7 heteroatoms. The van der Waals surface area contributed by atoms with Gasteiger partial charge in [-0.05, 0) is 115 Å². The first-order valence-corrected chi connectivity index (χ1v) is 22.6. The highest BCUT2D eigenvalue weighted by molar-refractivity contribution is 5.74. The molecule has 1 rings (SSSR count). The maximum Gasteiger partial charge on any atom is 0.311 e. The van der Waals surface area contributed by atoms with E-state index in [0.717, 1.165) is 70.8 Å². The molecular formula is C49H81NO6. The number of rotatable bonds is 37. The van der Waals surface area contributed by atoms with Crippen LogP contribution in [-0.2, 0) is 25.7 Å². The number of nitrogens with zero attached hydrogens (tertiary/aromatic N) is 1. The first-order chi connectivity index (χ1) is 27.3. The van der Waals surface area contributed by atoms with Gasteiger partial charge in [0, 0.05) is 25.3 Å². The number of esters is 3. The SMILES string of the molecule is CCCCC/C=C\C/C=C\CCCCCCCC(=O)Oc1cc(COC(=O)CCCN(C)C)cc(OC(=O)CCCCCCCCCC/C=C\CCCCC)c1. The van der Waals surface area contributed by atoms with Crippen molar-refractivity contribution in [2.45, 2.75) is 200 Å². The number of unbranched alkanes of at least 4 members (excludes halogenated alkanes) is 19. The average molecular weight is 780 g/mol. The van der Waals surface area contributed by atoms with Gasteiger partial charge in [0.05, 0.1) is 0 Å². The molecule has 0 fully saturated rings. The molecule has 0 bridgehead atoms. The number of ether oxygens (including phenoxy) is 3. The molecule has 7 nitrogen and oxygen atoms in total. The van der Waals surface area contributed by atoms with Gasteiger partial charge < -0.3 is 19.1 Å². The molecule has 0 saturated carbocycles. The van der Waals surface area contributed by atoms with Gasteiger partial charge in [-0.2, -0.15) is 0 Å². The Morgan fingerprint density at radius 2 is 0.875 bits per heavy atom. The van der Waals surface area contributed by atoms with Crippen LogP contribution >= 0.6 is 0 Å². The Morgan fingerprint density at radius 3 is 1.32 bits per heavy atom. The van der Waals surface area contributed by atoms with E-state index >= 15 is 0 Å². The van der Waals surface area contributed by atoms with E-state index in [1.54, 1.807) is 18.2 Å². The van der Waals surface area contributed by atoms with Crippen LogP contribution in [0.25, 0.3) is 0 Å². The first kappa shape index (κ1) is 50.8.